The van der Waals surface area contributed by atoms with E-state index in [-0.39, 0.29) is 69.3 Å². The number of benzene rings is 2. The smallest absolute Gasteiger partial charge is 0.245 e. The molecule has 2 aromatic rings. The number of thiol groups is 1. The summed E-state index contributed by atoms with van der Waals surface area (Å²) in [6, 6.07) is 10.2. The molecule has 0 aromatic heterocycles. The van der Waals surface area contributed by atoms with Crippen molar-refractivity contribution in [2.24, 2.45) is 44.4 Å². The van der Waals surface area contributed by atoms with E-state index in [0.29, 0.717) is 5.56 Å². The lowest BCUT2D eigenvalue weighted by molar-refractivity contribution is -0.135. The molecule has 312 valence electrons. The fraction of sp³-hybridized carbons (Fsp3) is 0.444. The molecule has 0 radical (unpaired) electrons. The van der Waals surface area contributed by atoms with Crippen LogP contribution < -0.4 is 61.0 Å². The van der Waals surface area contributed by atoms with Crippen LogP contribution in [-0.2, 0) is 41.6 Å². The van der Waals surface area contributed by atoms with Crippen LogP contribution in [0.2, 0.25) is 0 Å². The second kappa shape index (κ2) is 25.3. The number of nitrogens with two attached hydrogens (primary N) is 6. The zero-order valence-corrected chi connectivity index (χ0v) is 32.4. The van der Waals surface area contributed by atoms with Gasteiger partial charge in [0.2, 0.25) is 35.4 Å². The first-order valence-corrected chi connectivity index (χ1v) is 18.7. The summed E-state index contributed by atoms with van der Waals surface area (Å²) in [7, 11) is 0. The Bertz CT molecular complexity index is 1680. The molecule has 0 unspecified atom stereocenters. The number of primary amides is 1. The molecule has 0 heterocycles. The number of rotatable bonds is 25. The summed E-state index contributed by atoms with van der Waals surface area (Å²) in [4.78, 5) is 86.9. The quantitative estimate of drug-likeness (QED) is 0.0196. The van der Waals surface area contributed by atoms with Crippen LogP contribution in [0.25, 0.3) is 0 Å². The second-order valence-electron chi connectivity index (χ2n) is 13.0. The van der Waals surface area contributed by atoms with Gasteiger partial charge in [-0.25, -0.2) is 0 Å². The van der Waals surface area contributed by atoms with Gasteiger partial charge in [0.15, 0.2) is 11.9 Å². The zero-order valence-electron chi connectivity index (χ0n) is 31.5. The molecular weight excluding hydrogens is 759 g/mol. The van der Waals surface area contributed by atoms with E-state index in [2.05, 4.69) is 49.2 Å². The summed E-state index contributed by atoms with van der Waals surface area (Å²) in [6.07, 6.45) is 0.707. The van der Waals surface area contributed by atoms with Crippen molar-refractivity contribution in [2.45, 2.75) is 74.8 Å². The third-order valence-corrected chi connectivity index (χ3v) is 8.73. The molecule has 0 bridgehead atoms. The molecule has 2 aromatic carbocycles. The largest absolute Gasteiger partial charge is 0.394 e. The van der Waals surface area contributed by atoms with Crippen molar-refractivity contribution >= 4 is 60.0 Å². The number of hydrogen-bond acceptors (Lipinski definition) is 11. The number of amides is 6. The van der Waals surface area contributed by atoms with Gasteiger partial charge in [0.25, 0.3) is 0 Å². The highest BCUT2D eigenvalue weighted by Crippen LogP contribution is 2.07. The van der Waals surface area contributed by atoms with E-state index in [1.165, 1.54) is 0 Å². The van der Waals surface area contributed by atoms with Crippen LogP contribution in [0.1, 0.15) is 36.8 Å². The van der Waals surface area contributed by atoms with Crippen LogP contribution in [0.3, 0.4) is 0 Å². The molecule has 0 aliphatic heterocycles. The molecular formula is C36H55N13O7S. The summed E-state index contributed by atoms with van der Waals surface area (Å²) >= 11 is 4.23. The van der Waals surface area contributed by atoms with Crippen molar-refractivity contribution in [3.8, 4) is 0 Å². The van der Waals surface area contributed by atoms with Crippen LogP contribution in [0.4, 0.5) is 0 Å². The SMILES string of the molecule is NC(=O)[C@H](Cc1ccccc1)NC(=O)[C@H](CO)NC(=O)[C@H](CCCN=C(N)N)NC(=O)[C@H](CS)NC(=O)[C@H](CCCN=C(N)N)NC(=O)[C@@H](N)Cc1ccccc1. The highest BCUT2D eigenvalue weighted by Gasteiger charge is 2.32. The third-order valence-electron chi connectivity index (χ3n) is 8.37. The number of aliphatic hydroxyl groups is 1. The lowest BCUT2D eigenvalue weighted by Gasteiger charge is -2.26. The second-order valence-corrected chi connectivity index (χ2v) is 13.3. The number of aliphatic imine (C=N–C) groups is 2. The number of carbonyl (C=O) groups is 6. The summed E-state index contributed by atoms with van der Waals surface area (Å²) in [6.45, 7) is -0.649. The van der Waals surface area contributed by atoms with Gasteiger partial charge >= 0.3 is 0 Å². The number of nitrogens with zero attached hydrogens (tertiary/aromatic N) is 2. The number of hydrogen-bond donors (Lipinski definition) is 13. The number of carbonyl (C=O) groups excluding carboxylic acids is 6. The molecule has 20 nitrogen and oxygen atoms in total. The molecule has 2 rings (SSSR count). The van der Waals surface area contributed by atoms with E-state index in [1.54, 1.807) is 42.5 Å². The minimum absolute atomic E-state index is 0.0512. The fourth-order valence-electron chi connectivity index (χ4n) is 5.33. The topological polar surface area (TPSA) is 364 Å². The van der Waals surface area contributed by atoms with Gasteiger partial charge < -0.3 is 66.1 Å². The molecule has 57 heavy (non-hydrogen) atoms. The first-order chi connectivity index (χ1) is 27.1. The van der Waals surface area contributed by atoms with Crippen LogP contribution in [0, 0.1) is 0 Å². The van der Waals surface area contributed by atoms with Gasteiger partial charge in [-0.1, -0.05) is 60.7 Å². The van der Waals surface area contributed by atoms with Crippen molar-refractivity contribution in [3.05, 3.63) is 71.8 Å². The zero-order chi connectivity index (χ0) is 42.3. The highest BCUT2D eigenvalue weighted by molar-refractivity contribution is 7.80. The maximum absolute atomic E-state index is 13.6. The van der Waals surface area contributed by atoms with Crippen molar-refractivity contribution < 1.29 is 33.9 Å². The van der Waals surface area contributed by atoms with Crippen molar-refractivity contribution in [3.63, 3.8) is 0 Å². The first-order valence-electron chi connectivity index (χ1n) is 18.1. The molecule has 0 saturated heterocycles. The van der Waals surface area contributed by atoms with Crippen molar-refractivity contribution in [1.82, 2.24) is 26.6 Å². The molecule has 0 spiro atoms. The predicted molar refractivity (Wildman–Crippen MR) is 218 cm³/mol. The standard InChI is InChI=1S/C36H55N13O7S/c37-23(17-21-9-3-1-4-10-21)30(52)45-24(13-7-15-43-35(39)40)32(54)49-28(20-57)34(56)46-25(14-8-16-44-36(41)42)31(53)48-27(19-50)33(55)47-26(29(38)51)18-22-11-5-2-6-12-22/h1-6,9-12,23-28,50,57H,7-8,13-20,37H2,(H2,38,51)(H,45,52)(H,46,56)(H,47,55)(H,48,53)(H,49,54)(H4,39,40,43)(H4,41,42,44)/t23-,24-,25-,26-,27-,28-/m0/s1. The maximum Gasteiger partial charge on any atom is 0.245 e. The molecule has 0 saturated carbocycles. The molecule has 0 aliphatic rings. The van der Waals surface area contributed by atoms with Crippen LogP contribution in [0.5, 0.6) is 0 Å². The molecule has 6 amide bonds. The monoisotopic (exact) mass is 813 g/mol. The van der Waals surface area contributed by atoms with Gasteiger partial charge in [0, 0.05) is 25.3 Å². The lowest BCUT2D eigenvalue weighted by Crippen LogP contribution is -2.60. The van der Waals surface area contributed by atoms with Gasteiger partial charge in [-0.3, -0.25) is 38.8 Å². The number of nitrogens with one attached hydrogen (secondary N) is 5. The fourth-order valence-corrected chi connectivity index (χ4v) is 5.59. The van der Waals surface area contributed by atoms with Crippen LogP contribution in [0.15, 0.2) is 70.6 Å². The van der Waals surface area contributed by atoms with Crippen LogP contribution >= 0.6 is 12.6 Å². The Hall–Kier alpha value is -5.93. The predicted octanol–water partition coefficient (Wildman–Crippen LogP) is -4.26. The van der Waals surface area contributed by atoms with Gasteiger partial charge in [0.05, 0.1) is 12.6 Å². The van der Waals surface area contributed by atoms with E-state index in [9.17, 15) is 33.9 Å². The normalized spacial score (nSPS) is 13.9. The van der Waals surface area contributed by atoms with E-state index in [0.717, 1.165) is 5.56 Å². The first kappa shape index (κ1) is 47.2. The van der Waals surface area contributed by atoms with Crippen LogP contribution in [-0.4, -0.2) is 114 Å². The van der Waals surface area contributed by atoms with E-state index in [1.807, 2.05) is 18.2 Å². The Morgan fingerprint density at radius 2 is 0.947 bits per heavy atom. The summed E-state index contributed by atoms with van der Waals surface area (Å²) in [5, 5.41) is 22.6. The molecule has 0 aliphatic carbocycles. The minimum atomic E-state index is -1.55. The molecule has 21 heteroatoms. The van der Waals surface area contributed by atoms with Gasteiger partial charge in [-0.2, -0.15) is 12.6 Å². The van der Waals surface area contributed by atoms with E-state index >= 15 is 0 Å². The summed E-state index contributed by atoms with van der Waals surface area (Å²) in [5.74, 6) is -5.43. The molecule has 18 N–H and O–H groups in total. The van der Waals surface area contributed by atoms with E-state index < -0.39 is 78.3 Å². The number of aliphatic hydroxyl groups excluding tert-OH is 1. The van der Waals surface area contributed by atoms with Gasteiger partial charge in [-0.05, 0) is 43.2 Å². The van der Waals surface area contributed by atoms with Gasteiger partial charge in [-0.15, -0.1) is 0 Å². The minimum Gasteiger partial charge on any atom is -0.394 e. The Morgan fingerprint density at radius 3 is 1.39 bits per heavy atom. The Kier molecular flexibility index (Phi) is 20.9. The Morgan fingerprint density at radius 1 is 0.561 bits per heavy atom. The van der Waals surface area contributed by atoms with Crippen molar-refractivity contribution in [1.29, 1.82) is 0 Å². The Labute approximate surface area is 336 Å². The average molecular weight is 814 g/mol. The third kappa shape index (κ3) is 18.0. The van der Waals surface area contributed by atoms with E-state index in [4.69, 9.17) is 34.4 Å². The molecule has 6 atom stereocenters. The lowest BCUT2D eigenvalue weighted by atomic mass is 10.0. The highest BCUT2D eigenvalue weighted by atomic mass is 32.1. The van der Waals surface area contributed by atoms with Crippen molar-refractivity contribution in [2.75, 3.05) is 25.4 Å². The molecule has 0 fully saturated rings. The average Bonchev–Trinajstić information content (AvgIpc) is 3.18. The van der Waals surface area contributed by atoms with Gasteiger partial charge in [0.1, 0.15) is 30.2 Å². The number of guanidine groups is 2. The summed E-state index contributed by atoms with van der Waals surface area (Å²) in [5.41, 5.74) is 34.8. The Balaban J connectivity index is 2.20. The summed E-state index contributed by atoms with van der Waals surface area (Å²) < 4.78 is 0. The maximum atomic E-state index is 13.6.